The van der Waals surface area contributed by atoms with Gasteiger partial charge in [-0.05, 0) is 31.0 Å². The number of ether oxygens (including phenoxy) is 1. The van der Waals surface area contributed by atoms with E-state index in [9.17, 15) is 9.59 Å². The zero-order chi connectivity index (χ0) is 22.1. The van der Waals surface area contributed by atoms with Gasteiger partial charge in [-0.1, -0.05) is 41.6 Å². The molecule has 0 aliphatic carbocycles. The first kappa shape index (κ1) is 21.9. The quantitative estimate of drug-likeness (QED) is 0.642. The van der Waals surface area contributed by atoms with Crippen molar-refractivity contribution in [2.45, 2.75) is 19.4 Å². The molecule has 0 saturated carbocycles. The van der Waals surface area contributed by atoms with Gasteiger partial charge in [0.25, 0.3) is 0 Å². The average Bonchev–Trinajstić information content (AvgIpc) is 3.15. The van der Waals surface area contributed by atoms with Crippen LogP contribution in [0.2, 0.25) is 5.02 Å². The standard InChI is InChI=1S/C22H25ClN4O3S/c1-14-19(21(29)30-3)20(16-6-4-5-7-17(16)23)27-15(13-31-22(27)24-14)12-18(28)26-10-8-25(2)9-11-26/h4-7,13,20H,8-12H2,1-3H3. The third-order valence-electron chi connectivity index (χ3n) is 5.79. The number of amidine groups is 1. The number of hydrogen-bond donors (Lipinski definition) is 0. The number of piperazine rings is 1. The number of carbonyl (C=O) groups excluding carboxylic acids is 2. The van der Waals surface area contributed by atoms with Crippen molar-refractivity contribution in [3.8, 4) is 0 Å². The van der Waals surface area contributed by atoms with E-state index in [0.717, 1.165) is 42.6 Å². The van der Waals surface area contributed by atoms with Crippen molar-refractivity contribution in [1.82, 2.24) is 14.7 Å². The van der Waals surface area contributed by atoms with Gasteiger partial charge in [-0.25, -0.2) is 9.79 Å². The highest BCUT2D eigenvalue weighted by Gasteiger charge is 2.42. The van der Waals surface area contributed by atoms with E-state index in [2.05, 4.69) is 16.9 Å². The number of benzene rings is 1. The zero-order valence-corrected chi connectivity index (χ0v) is 19.4. The highest BCUT2D eigenvalue weighted by molar-refractivity contribution is 8.16. The fourth-order valence-corrected chi connectivity index (χ4v) is 5.26. The van der Waals surface area contributed by atoms with Crippen molar-refractivity contribution in [2.75, 3.05) is 40.3 Å². The van der Waals surface area contributed by atoms with Crippen LogP contribution in [0.15, 0.2) is 51.6 Å². The van der Waals surface area contributed by atoms with Crippen LogP contribution in [0, 0.1) is 0 Å². The topological polar surface area (TPSA) is 65.5 Å². The number of likely N-dealkylation sites (N-methyl/N-ethyl adjacent to an activating group) is 1. The Hall–Kier alpha value is -2.29. The van der Waals surface area contributed by atoms with Crippen LogP contribution >= 0.6 is 23.4 Å². The van der Waals surface area contributed by atoms with Crippen molar-refractivity contribution in [1.29, 1.82) is 0 Å². The number of esters is 1. The smallest absolute Gasteiger partial charge is 0.338 e. The first-order chi connectivity index (χ1) is 14.9. The summed E-state index contributed by atoms with van der Waals surface area (Å²) in [5.74, 6) is -0.378. The van der Waals surface area contributed by atoms with E-state index in [1.807, 2.05) is 33.4 Å². The largest absolute Gasteiger partial charge is 0.466 e. The van der Waals surface area contributed by atoms with Gasteiger partial charge in [0.1, 0.15) is 0 Å². The average molecular weight is 461 g/mol. The van der Waals surface area contributed by atoms with Gasteiger partial charge in [0.2, 0.25) is 5.91 Å². The van der Waals surface area contributed by atoms with Crippen LogP contribution in [-0.2, 0) is 14.3 Å². The molecule has 1 aromatic rings. The lowest BCUT2D eigenvalue weighted by Gasteiger charge is -2.37. The Morgan fingerprint density at radius 3 is 2.61 bits per heavy atom. The highest BCUT2D eigenvalue weighted by Crippen LogP contribution is 2.46. The van der Waals surface area contributed by atoms with Crippen LogP contribution in [0.1, 0.15) is 24.9 Å². The second-order valence-corrected chi connectivity index (χ2v) is 9.01. The monoisotopic (exact) mass is 460 g/mol. The van der Waals surface area contributed by atoms with Gasteiger partial charge in [0, 0.05) is 36.9 Å². The van der Waals surface area contributed by atoms with Gasteiger partial charge in [0.05, 0.1) is 30.8 Å². The summed E-state index contributed by atoms with van der Waals surface area (Å²) < 4.78 is 5.08. The fraction of sp³-hybridized carbons (Fsp3) is 0.409. The normalized spacial score (nSPS) is 21.6. The van der Waals surface area contributed by atoms with E-state index in [0.29, 0.717) is 16.3 Å². The van der Waals surface area contributed by atoms with E-state index in [4.69, 9.17) is 16.3 Å². The molecule has 9 heteroatoms. The van der Waals surface area contributed by atoms with Gasteiger partial charge >= 0.3 is 5.97 Å². The lowest BCUT2D eigenvalue weighted by molar-refractivity contribution is -0.136. The summed E-state index contributed by atoms with van der Waals surface area (Å²) in [6.45, 7) is 4.97. The fourth-order valence-electron chi connectivity index (χ4n) is 4.05. The molecule has 0 bridgehead atoms. The molecule has 3 heterocycles. The minimum Gasteiger partial charge on any atom is -0.466 e. The molecule has 1 atom stereocenters. The maximum Gasteiger partial charge on any atom is 0.338 e. The second-order valence-electron chi connectivity index (χ2n) is 7.77. The van der Waals surface area contributed by atoms with Crippen LogP contribution in [0.5, 0.6) is 0 Å². The Morgan fingerprint density at radius 1 is 1.23 bits per heavy atom. The Kier molecular flexibility index (Phi) is 6.41. The molecule has 1 fully saturated rings. The molecule has 3 aliphatic heterocycles. The summed E-state index contributed by atoms with van der Waals surface area (Å²) in [5.41, 5.74) is 2.61. The third-order valence-corrected chi connectivity index (χ3v) is 7.03. The summed E-state index contributed by atoms with van der Waals surface area (Å²) in [5, 5.41) is 3.23. The molecule has 0 N–H and O–H groups in total. The summed E-state index contributed by atoms with van der Waals surface area (Å²) in [4.78, 5) is 36.5. The maximum absolute atomic E-state index is 13.0. The molecule has 4 rings (SSSR count). The van der Waals surface area contributed by atoms with Crippen molar-refractivity contribution >= 4 is 40.4 Å². The van der Waals surface area contributed by atoms with E-state index < -0.39 is 12.0 Å². The number of aliphatic imine (C=N–C) groups is 1. The third kappa shape index (κ3) is 4.24. The number of rotatable bonds is 4. The molecule has 1 unspecified atom stereocenters. The molecule has 164 valence electrons. The number of hydrogen-bond acceptors (Lipinski definition) is 7. The van der Waals surface area contributed by atoms with E-state index >= 15 is 0 Å². The van der Waals surface area contributed by atoms with Crippen LogP contribution < -0.4 is 0 Å². The molecule has 1 saturated heterocycles. The molecule has 0 spiro atoms. The lowest BCUT2D eigenvalue weighted by Crippen LogP contribution is -2.47. The van der Waals surface area contributed by atoms with E-state index in [-0.39, 0.29) is 12.3 Å². The number of carbonyl (C=O) groups is 2. The Bertz CT molecular complexity index is 998. The molecular weight excluding hydrogens is 436 g/mol. The Morgan fingerprint density at radius 2 is 1.94 bits per heavy atom. The Balaban J connectivity index is 1.68. The number of amides is 1. The number of methoxy groups -OCH3 is 1. The van der Waals surface area contributed by atoms with E-state index in [1.54, 1.807) is 13.0 Å². The predicted octanol–water partition coefficient (Wildman–Crippen LogP) is 3.25. The number of fused-ring (bicyclic) bond motifs is 1. The zero-order valence-electron chi connectivity index (χ0n) is 17.8. The van der Waals surface area contributed by atoms with Crippen molar-refractivity contribution in [2.24, 2.45) is 4.99 Å². The number of halogens is 1. The second kappa shape index (κ2) is 9.06. The predicted molar refractivity (Wildman–Crippen MR) is 123 cm³/mol. The molecule has 0 aromatic heterocycles. The lowest BCUT2D eigenvalue weighted by atomic mass is 9.93. The molecule has 0 radical (unpaired) electrons. The first-order valence-corrected chi connectivity index (χ1v) is 11.4. The van der Waals surface area contributed by atoms with Gasteiger partial charge in [-0.3, -0.25) is 4.79 Å². The molecule has 3 aliphatic rings. The van der Waals surface area contributed by atoms with Crippen LogP contribution in [0.4, 0.5) is 0 Å². The molecule has 31 heavy (non-hydrogen) atoms. The molecule has 1 amide bonds. The van der Waals surface area contributed by atoms with Gasteiger partial charge in [0.15, 0.2) is 5.17 Å². The number of allylic oxidation sites excluding steroid dienone is 1. The summed E-state index contributed by atoms with van der Waals surface area (Å²) in [6.07, 6.45) is 0.240. The van der Waals surface area contributed by atoms with Crippen molar-refractivity contribution in [3.63, 3.8) is 0 Å². The van der Waals surface area contributed by atoms with Crippen molar-refractivity contribution in [3.05, 3.63) is 57.2 Å². The molecular formula is C22H25ClN4O3S. The van der Waals surface area contributed by atoms with Gasteiger partial charge in [-0.15, -0.1) is 0 Å². The molecule has 7 nitrogen and oxygen atoms in total. The van der Waals surface area contributed by atoms with E-state index in [1.165, 1.54) is 18.9 Å². The van der Waals surface area contributed by atoms with Crippen LogP contribution in [0.25, 0.3) is 0 Å². The summed E-state index contributed by atoms with van der Waals surface area (Å²) in [6, 6.07) is 6.93. The van der Waals surface area contributed by atoms with Crippen molar-refractivity contribution < 1.29 is 14.3 Å². The summed E-state index contributed by atoms with van der Waals surface area (Å²) >= 11 is 8.01. The SMILES string of the molecule is COC(=O)C1=C(C)N=C2SC=C(CC(=O)N3CCN(C)CC3)N2C1c1ccccc1Cl. The first-order valence-electron chi connectivity index (χ1n) is 10.1. The maximum atomic E-state index is 13.0. The van der Waals surface area contributed by atoms with Crippen LogP contribution in [-0.4, -0.2) is 72.1 Å². The minimum atomic E-state index is -0.504. The summed E-state index contributed by atoms with van der Waals surface area (Å²) in [7, 11) is 3.42. The number of thioether (sulfide) groups is 1. The van der Waals surface area contributed by atoms with Crippen LogP contribution in [0.3, 0.4) is 0 Å². The Labute approximate surface area is 191 Å². The molecule has 1 aromatic carbocycles. The number of nitrogens with zero attached hydrogens (tertiary/aromatic N) is 4. The minimum absolute atomic E-state index is 0.0741. The van der Waals surface area contributed by atoms with Gasteiger partial charge < -0.3 is 19.4 Å². The van der Waals surface area contributed by atoms with Gasteiger partial charge in [-0.2, -0.15) is 0 Å². The highest BCUT2D eigenvalue weighted by atomic mass is 35.5.